The van der Waals surface area contributed by atoms with Crippen molar-refractivity contribution < 1.29 is 26.3 Å². The molecule has 1 saturated heterocycles. The van der Waals surface area contributed by atoms with Crippen LogP contribution >= 0.6 is 0 Å². The van der Waals surface area contributed by atoms with Gasteiger partial charge < -0.3 is 10.5 Å². The van der Waals surface area contributed by atoms with Gasteiger partial charge in [0.15, 0.2) is 4.90 Å². The van der Waals surface area contributed by atoms with Crippen LogP contribution in [-0.2, 0) is 14.8 Å². The van der Waals surface area contributed by atoms with Crippen molar-refractivity contribution in [1.82, 2.24) is 4.31 Å². The Morgan fingerprint density at radius 1 is 1.33 bits per heavy atom. The van der Waals surface area contributed by atoms with Crippen molar-refractivity contribution in [2.45, 2.75) is 11.0 Å². The SMILES string of the molecule is N=C(N)C1CN(S(=O)(=O)c2c(F)cc(F)cc2F)CCO1. The summed E-state index contributed by atoms with van der Waals surface area (Å²) in [5, 5.41) is 7.23. The molecule has 0 bridgehead atoms. The minimum Gasteiger partial charge on any atom is -0.385 e. The zero-order valence-electron chi connectivity index (χ0n) is 10.6. The van der Waals surface area contributed by atoms with E-state index < -0.39 is 44.3 Å². The van der Waals surface area contributed by atoms with E-state index in [0.717, 1.165) is 4.31 Å². The second-order valence-corrected chi connectivity index (χ2v) is 6.25. The molecular weight excluding hydrogens is 311 g/mol. The van der Waals surface area contributed by atoms with Crippen LogP contribution in [0.2, 0.25) is 0 Å². The molecule has 116 valence electrons. The predicted octanol–water partition coefficient (Wildman–Crippen LogP) is 0.429. The van der Waals surface area contributed by atoms with Crippen molar-refractivity contribution in [3.8, 4) is 0 Å². The van der Waals surface area contributed by atoms with Crippen molar-refractivity contribution in [2.24, 2.45) is 5.73 Å². The summed E-state index contributed by atoms with van der Waals surface area (Å²) in [7, 11) is -4.52. The van der Waals surface area contributed by atoms with Crippen LogP contribution < -0.4 is 5.73 Å². The number of hydrogen-bond donors (Lipinski definition) is 2. The molecule has 2 rings (SSSR count). The number of amidine groups is 1. The minimum atomic E-state index is -4.52. The lowest BCUT2D eigenvalue weighted by Gasteiger charge is -2.31. The maximum absolute atomic E-state index is 13.6. The molecule has 0 aliphatic carbocycles. The number of rotatable bonds is 3. The van der Waals surface area contributed by atoms with Gasteiger partial charge in [-0.15, -0.1) is 0 Å². The van der Waals surface area contributed by atoms with E-state index in [2.05, 4.69) is 0 Å². The first-order valence-electron chi connectivity index (χ1n) is 5.83. The zero-order chi connectivity index (χ0) is 15.8. The Balaban J connectivity index is 2.41. The van der Waals surface area contributed by atoms with Crippen molar-refractivity contribution >= 4 is 15.9 Å². The molecule has 1 fully saturated rings. The van der Waals surface area contributed by atoms with Crippen LogP contribution in [0.3, 0.4) is 0 Å². The second-order valence-electron chi connectivity index (χ2n) is 4.38. The van der Waals surface area contributed by atoms with Gasteiger partial charge in [-0.25, -0.2) is 21.6 Å². The second kappa shape index (κ2) is 5.62. The zero-order valence-corrected chi connectivity index (χ0v) is 11.5. The largest absolute Gasteiger partial charge is 0.385 e. The summed E-state index contributed by atoms with van der Waals surface area (Å²) < 4.78 is 70.5. The van der Waals surface area contributed by atoms with Gasteiger partial charge in [0.2, 0.25) is 10.0 Å². The third-order valence-electron chi connectivity index (χ3n) is 2.94. The highest BCUT2D eigenvalue weighted by atomic mass is 32.2. The number of hydrogen-bond acceptors (Lipinski definition) is 4. The molecule has 1 aromatic rings. The minimum absolute atomic E-state index is 0.0755. The molecule has 1 aliphatic rings. The number of halogens is 3. The number of benzene rings is 1. The van der Waals surface area contributed by atoms with E-state index >= 15 is 0 Å². The van der Waals surface area contributed by atoms with E-state index in [9.17, 15) is 21.6 Å². The van der Waals surface area contributed by atoms with Gasteiger partial charge in [0.05, 0.1) is 6.61 Å². The normalized spacial score (nSPS) is 20.4. The maximum Gasteiger partial charge on any atom is 0.249 e. The van der Waals surface area contributed by atoms with Crippen molar-refractivity contribution in [1.29, 1.82) is 5.41 Å². The topological polar surface area (TPSA) is 96.5 Å². The van der Waals surface area contributed by atoms with E-state index in [4.69, 9.17) is 15.9 Å². The van der Waals surface area contributed by atoms with E-state index in [0.29, 0.717) is 12.1 Å². The van der Waals surface area contributed by atoms with Crippen LogP contribution in [0.5, 0.6) is 0 Å². The Bertz CT molecular complexity index is 658. The molecule has 0 radical (unpaired) electrons. The van der Waals surface area contributed by atoms with Crippen LogP contribution in [0.15, 0.2) is 17.0 Å². The number of nitrogens with one attached hydrogen (secondary N) is 1. The smallest absolute Gasteiger partial charge is 0.249 e. The van der Waals surface area contributed by atoms with Gasteiger partial charge in [-0.1, -0.05) is 0 Å². The number of nitrogens with two attached hydrogens (primary N) is 1. The number of sulfonamides is 1. The third-order valence-corrected chi connectivity index (χ3v) is 4.85. The Kier molecular flexibility index (Phi) is 4.21. The average Bonchev–Trinajstić information content (AvgIpc) is 2.37. The third kappa shape index (κ3) is 3.01. The summed E-state index contributed by atoms with van der Waals surface area (Å²) in [6.07, 6.45) is -0.986. The molecular formula is C11H12F3N3O3S. The summed E-state index contributed by atoms with van der Waals surface area (Å²) in [5.41, 5.74) is 5.23. The van der Waals surface area contributed by atoms with Crippen LogP contribution in [0, 0.1) is 22.9 Å². The average molecular weight is 323 g/mol. The lowest BCUT2D eigenvalue weighted by molar-refractivity contribution is 0.0367. The van der Waals surface area contributed by atoms with Crippen LogP contribution in [0.4, 0.5) is 13.2 Å². The Morgan fingerprint density at radius 3 is 2.43 bits per heavy atom. The lowest BCUT2D eigenvalue weighted by atomic mass is 10.3. The fourth-order valence-corrected chi connectivity index (χ4v) is 3.45. The van der Waals surface area contributed by atoms with E-state index in [1.807, 2.05) is 0 Å². The molecule has 0 amide bonds. The lowest BCUT2D eigenvalue weighted by Crippen LogP contribution is -2.50. The molecule has 10 heteroatoms. The van der Waals surface area contributed by atoms with Gasteiger partial charge in [-0.2, -0.15) is 4.31 Å². The maximum atomic E-state index is 13.6. The highest BCUT2D eigenvalue weighted by molar-refractivity contribution is 7.89. The first-order valence-corrected chi connectivity index (χ1v) is 7.27. The molecule has 1 aromatic carbocycles. The van der Waals surface area contributed by atoms with Crippen molar-refractivity contribution in [3.05, 3.63) is 29.6 Å². The van der Waals surface area contributed by atoms with E-state index in [1.165, 1.54) is 0 Å². The first-order chi connectivity index (χ1) is 9.73. The van der Waals surface area contributed by atoms with E-state index in [-0.39, 0.29) is 19.7 Å². The van der Waals surface area contributed by atoms with E-state index in [1.54, 1.807) is 0 Å². The fourth-order valence-electron chi connectivity index (χ4n) is 1.94. The van der Waals surface area contributed by atoms with Crippen molar-refractivity contribution in [2.75, 3.05) is 19.7 Å². The quantitative estimate of drug-likeness (QED) is 0.623. The number of ether oxygens (including phenoxy) is 1. The molecule has 6 nitrogen and oxygen atoms in total. The van der Waals surface area contributed by atoms with Gasteiger partial charge in [-0.05, 0) is 0 Å². The molecule has 1 unspecified atom stereocenters. The van der Waals surface area contributed by atoms with Crippen LogP contribution in [-0.4, -0.2) is 44.4 Å². The highest BCUT2D eigenvalue weighted by Crippen LogP contribution is 2.25. The van der Waals surface area contributed by atoms with Gasteiger partial charge in [-0.3, -0.25) is 5.41 Å². The van der Waals surface area contributed by atoms with Gasteiger partial charge in [0, 0.05) is 25.2 Å². The number of morpholine rings is 1. The first kappa shape index (κ1) is 15.7. The Labute approximate surface area is 118 Å². The molecule has 0 saturated carbocycles. The molecule has 0 aromatic heterocycles. The van der Waals surface area contributed by atoms with Gasteiger partial charge in [0.1, 0.15) is 29.4 Å². The summed E-state index contributed by atoms with van der Waals surface area (Å²) in [5.74, 6) is -4.64. The van der Waals surface area contributed by atoms with Crippen LogP contribution in [0.25, 0.3) is 0 Å². The van der Waals surface area contributed by atoms with Gasteiger partial charge >= 0.3 is 0 Å². The standard InChI is InChI=1S/C11H12F3N3O3S/c12-6-3-7(13)10(8(14)4-6)21(18,19)17-1-2-20-9(5-17)11(15)16/h3-4,9H,1-2,5H2,(H3,15,16). The predicted molar refractivity (Wildman–Crippen MR) is 66.7 cm³/mol. The molecule has 3 N–H and O–H groups in total. The summed E-state index contributed by atoms with van der Waals surface area (Å²) in [6, 6.07) is 0.581. The highest BCUT2D eigenvalue weighted by Gasteiger charge is 2.35. The van der Waals surface area contributed by atoms with Crippen molar-refractivity contribution in [3.63, 3.8) is 0 Å². The molecule has 1 atom stereocenters. The number of nitrogens with zero attached hydrogens (tertiary/aromatic N) is 1. The van der Waals surface area contributed by atoms with Crippen LogP contribution in [0.1, 0.15) is 0 Å². The molecule has 21 heavy (non-hydrogen) atoms. The summed E-state index contributed by atoms with van der Waals surface area (Å²) in [6.45, 7) is -0.565. The Hall–Kier alpha value is -1.65. The monoisotopic (exact) mass is 323 g/mol. The molecule has 1 heterocycles. The summed E-state index contributed by atoms with van der Waals surface area (Å²) in [4.78, 5) is -1.23. The Morgan fingerprint density at radius 2 is 1.90 bits per heavy atom. The molecule has 1 aliphatic heterocycles. The fraction of sp³-hybridized carbons (Fsp3) is 0.364. The summed E-state index contributed by atoms with van der Waals surface area (Å²) >= 11 is 0. The van der Waals surface area contributed by atoms with Gasteiger partial charge in [0.25, 0.3) is 0 Å². The molecule has 0 spiro atoms.